The van der Waals surface area contributed by atoms with Crippen LogP contribution < -0.4 is 14.8 Å². The Bertz CT molecular complexity index is 1290. The predicted octanol–water partition coefficient (Wildman–Crippen LogP) is 4.73. The van der Waals surface area contributed by atoms with Crippen molar-refractivity contribution in [3.05, 3.63) is 53.0 Å². The molecule has 0 aliphatic carbocycles. The highest BCUT2D eigenvalue weighted by molar-refractivity contribution is 5.75. The molecule has 0 saturated carbocycles. The van der Waals surface area contributed by atoms with E-state index in [1.165, 1.54) is 11.1 Å². The summed E-state index contributed by atoms with van der Waals surface area (Å²) in [6, 6.07) is 3.84. The SMILES string of the molecule is COc1cc(Nc2ncc(C)c(-n3cc(C)c(CN4CC(OC(=O)C(C)(C)C)C4)c3)n2)cc(C)c1OC. The van der Waals surface area contributed by atoms with Crippen LogP contribution in [0.4, 0.5) is 11.6 Å². The first kappa shape index (κ1) is 26.5. The maximum atomic E-state index is 12.1. The van der Waals surface area contributed by atoms with Crippen molar-refractivity contribution in [1.29, 1.82) is 0 Å². The summed E-state index contributed by atoms with van der Waals surface area (Å²) < 4.78 is 18.6. The summed E-state index contributed by atoms with van der Waals surface area (Å²) >= 11 is 0. The number of methoxy groups -OCH3 is 2. The molecule has 2 aromatic heterocycles. The molecular weight excluding hydrogens is 470 g/mol. The molecule has 1 aromatic carbocycles. The lowest BCUT2D eigenvalue weighted by molar-refractivity contribution is -0.167. The molecule has 1 aliphatic heterocycles. The summed E-state index contributed by atoms with van der Waals surface area (Å²) in [5, 5.41) is 3.29. The van der Waals surface area contributed by atoms with Gasteiger partial charge in [-0.05, 0) is 64.3 Å². The third-order valence-electron chi connectivity index (χ3n) is 6.45. The van der Waals surface area contributed by atoms with Gasteiger partial charge in [0, 0.05) is 55.5 Å². The highest BCUT2D eigenvalue weighted by Crippen LogP contribution is 2.35. The van der Waals surface area contributed by atoms with E-state index in [4.69, 9.17) is 19.2 Å². The number of anilines is 2. The Hall–Kier alpha value is -3.59. The molecule has 0 radical (unpaired) electrons. The van der Waals surface area contributed by atoms with Crippen LogP contribution in [0.1, 0.15) is 43.0 Å². The molecule has 9 heteroatoms. The van der Waals surface area contributed by atoms with Crippen LogP contribution in [0.25, 0.3) is 5.82 Å². The molecule has 0 amide bonds. The number of aryl methyl sites for hydroxylation is 3. The third-order valence-corrected chi connectivity index (χ3v) is 6.45. The number of nitrogens with zero attached hydrogens (tertiary/aromatic N) is 4. The lowest BCUT2D eigenvalue weighted by atomic mass is 9.97. The van der Waals surface area contributed by atoms with E-state index >= 15 is 0 Å². The first-order valence-electron chi connectivity index (χ1n) is 12.4. The number of aromatic nitrogens is 3. The average Bonchev–Trinajstić information content (AvgIpc) is 3.17. The van der Waals surface area contributed by atoms with Crippen LogP contribution in [0.2, 0.25) is 0 Å². The molecule has 1 N–H and O–H groups in total. The van der Waals surface area contributed by atoms with Crippen LogP contribution in [0, 0.1) is 26.2 Å². The zero-order chi connectivity index (χ0) is 26.9. The lowest BCUT2D eigenvalue weighted by Crippen LogP contribution is -2.53. The van der Waals surface area contributed by atoms with Crippen LogP contribution in [-0.4, -0.2) is 58.8 Å². The van der Waals surface area contributed by atoms with E-state index in [-0.39, 0.29) is 12.1 Å². The number of benzene rings is 1. The van der Waals surface area contributed by atoms with Gasteiger partial charge in [-0.15, -0.1) is 0 Å². The summed E-state index contributed by atoms with van der Waals surface area (Å²) in [7, 11) is 3.25. The second-order valence-corrected chi connectivity index (χ2v) is 10.7. The van der Waals surface area contributed by atoms with Crippen molar-refractivity contribution in [2.75, 3.05) is 32.6 Å². The molecule has 0 atom stereocenters. The number of carbonyl (C=O) groups is 1. The molecule has 0 unspecified atom stereocenters. The monoisotopic (exact) mass is 507 g/mol. The summed E-state index contributed by atoms with van der Waals surface area (Å²) in [6.45, 7) is 14.0. The number of esters is 1. The number of nitrogens with one attached hydrogen (secondary N) is 1. The first-order chi connectivity index (χ1) is 17.5. The molecule has 1 fully saturated rings. The van der Waals surface area contributed by atoms with Gasteiger partial charge in [-0.2, -0.15) is 4.98 Å². The zero-order valence-electron chi connectivity index (χ0n) is 23.0. The highest BCUT2D eigenvalue weighted by Gasteiger charge is 2.33. The summed E-state index contributed by atoms with van der Waals surface area (Å²) in [6.07, 6.45) is 5.99. The molecule has 3 aromatic rings. The lowest BCUT2D eigenvalue weighted by Gasteiger charge is -2.39. The van der Waals surface area contributed by atoms with Gasteiger partial charge in [0.25, 0.3) is 0 Å². The van der Waals surface area contributed by atoms with Crippen molar-refractivity contribution in [2.24, 2.45) is 5.41 Å². The van der Waals surface area contributed by atoms with E-state index in [1.807, 2.05) is 57.5 Å². The Morgan fingerprint density at radius 1 is 1.05 bits per heavy atom. The van der Waals surface area contributed by atoms with E-state index < -0.39 is 5.41 Å². The second kappa shape index (κ2) is 10.4. The van der Waals surface area contributed by atoms with E-state index in [1.54, 1.807) is 14.2 Å². The minimum Gasteiger partial charge on any atom is -0.493 e. The van der Waals surface area contributed by atoms with E-state index in [0.717, 1.165) is 42.3 Å². The van der Waals surface area contributed by atoms with Gasteiger partial charge in [0.15, 0.2) is 11.5 Å². The number of rotatable bonds is 8. The Morgan fingerprint density at radius 3 is 2.43 bits per heavy atom. The molecular formula is C28H37N5O4. The van der Waals surface area contributed by atoms with E-state index in [0.29, 0.717) is 17.4 Å². The predicted molar refractivity (Wildman–Crippen MR) is 143 cm³/mol. The largest absolute Gasteiger partial charge is 0.493 e. The van der Waals surface area contributed by atoms with Crippen LogP contribution >= 0.6 is 0 Å². The Balaban J connectivity index is 1.46. The van der Waals surface area contributed by atoms with Gasteiger partial charge >= 0.3 is 5.97 Å². The number of likely N-dealkylation sites (tertiary alicyclic amines) is 1. The van der Waals surface area contributed by atoms with Gasteiger partial charge in [0.05, 0.1) is 19.6 Å². The van der Waals surface area contributed by atoms with Gasteiger partial charge in [-0.3, -0.25) is 9.69 Å². The normalized spacial score (nSPS) is 14.3. The maximum absolute atomic E-state index is 12.1. The molecule has 0 bridgehead atoms. The van der Waals surface area contributed by atoms with Crippen molar-refractivity contribution in [2.45, 2.75) is 54.2 Å². The summed E-state index contributed by atoms with van der Waals surface area (Å²) in [5.41, 5.74) is 4.64. The smallest absolute Gasteiger partial charge is 0.311 e. The fourth-order valence-electron chi connectivity index (χ4n) is 4.29. The number of hydrogen-bond acceptors (Lipinski definition) is 8. The van der Waals surface area contributed by atoms with Crippen LogP contribution in [0.5, 0.6) is 11.5 Å². The van der Waals surface area contributed by atoms with Crippen molar-refractivity contribution < 1.29 is 19.0 Å². The fraction of sp³-hybridized carbons (Fsp3) is 0.464. The minimum atomic E-state index is -0.477. The Kier molecular flexibility index (Phi) is 7.45. The second-order valence-electron chi connectivity index (χ2n) is 10.7. The van der Waals surface area contributed by atoms with Crippen molar-refractivity contribution in [3.8, 4) is 17.3 Å². The minimum absolute atomic E-state index is 0.0351. The van der Waals surface area contributed by atoms with Crippen molar-refractivity contribution in [1.82, 2.24) is 19.4 Å². The molecule has 1 aliphatic rings. The highest BCUT2D eigenvalue weighted by atomic mass is 16.5. The first-order valence-corrected chi connectivity index (χ1v) is 12.4. The Labute approximate surface area is 218 Å². The number of ether oxygens (including phenoxy) is 3. The number of hydrogen-bond donors (Lipinski definition) is 1. The van der Waals surface area contributed by atoms with Gasteiger partial charge in [0.1, 0.15) is 11.9 Å². The van der Waals surface area contributed by atoms with E-state index in [9.17, 15) is 4.79 Å². The molecule has 4 rings (SSSR count). The molecule has 37 heavy (non-hydrogen) atoms. The van der Waals surface area contributed by atoms with Gasteiger partial charge in [-0.25, -0.2) is 4.98 Å². The van der Waals surface area contributed by atoms with Crippen LogP contribution in [-0.2, 0) is 16.1 Å². The molecule has 1 saturated heterocycles. The van der Waals surface area contributed by atoms with Crippen LogP contribution in [0.15, 0.2) is 30.7 Å². The zero-order valence-corrected chi connectivity index (χ0v) is 23.0. The van der Waals surface area contributed by atoms with Crippen molar-refractivity contribution >= 4 is 17.6 Å². The quantitative estimate of drug-likeness (QED) is 0.438. The average molecular weight is 508 g/mol. The van der Waals surface area contributed by atoms with Gasteiger partial charge < -0.3 is 24.1 Å². The topological polar surface area (TPSA) is 90.7 Å². The third kappa shape index (κ3) is 5.88. The standard InChI is InChI=1S/C28H37N5O4/c1-17-9-21(10-23(35-7)24(17)36-8)30-27-29-11-18(2)25(31-27)33-12-19(3)20(14-33)13-32-15-22(16-32)37-26(34)28(4,5)6/h9-12,14,22H,13,15-16H2,1-8H3,(H,29,30,31). The van der Waals surface area contributed by atoms with Gasteiger partial charge in [0.2, 0.25) is 5.95 Å². The molecule has 3 heterocycles. The Morgan fingerprint density at radius 2 is 1.78 bits per heavy atom. The molecule has 9 nitrogen and oxygen atoms in total. The summed E-state index contributed by atoms with van der Waals surface area (Å²) in [4.78, 5) is 23.7. The fourth-order valence-corrected chi connectivity index (χ4v) is 4.29. The van der Waals surface area contributed by atoms with Gasteiger partial charge in [-0.1, -0.05) is 0 Å². The number of carbonyl (C=O) groups excluding carboxylic acids is 1. The molecule has 198 valence electrons. The maximum Gasteiger partial charge on any atom is 0.311 e. The van der Waals surface area contributed by atoms with E-state index in [2.05, 4.69) is 34.5 Å². The summed E-state index contributed by atoms with van der Waals surface area (Å²) in [5.74, 6) is 2.50. The van der Waals surface area contributed by atoms with Crippen LogP contribution in [0.3, 0.4) is 0 Å². The van der Waals surface area contributed by atoms with Crippen molar-refractivity contribution in [3.63, 3.8) is 0 Å². The molecule has 0 spiro atoms.